The molecule has 18 heavy (non-hydrogen) atoms. The Bertz CT molecular complexity index is 436. The van der Waals surface area contributed by atoms with Gasteiger partial charge in [0.15, 0.2) is 0 Å². The molecule has 0 N–H and O–H groups in total. The Kier molecular flexibility index (Phi) is 3.26. The van der Waals surface area contributed by atoms with E-state index in [-0.39, 0.29) is 12.0 Å². The maximum absolute atomic E-state index is 12.0. The molecule has 2 saturated heterocycles. The van der Waals surface area contributed by atoms with Crippen LogP contribution in [0, 0.1) is 5.92 Å². The molecule has 3 heterocycles. The van der Waals surface area contributed by atoms with Crippen molar-refractivity contribution in [3.05, 3.63) is 17.4 Å². The van der Waals surface area contributed by atoms with E-state index in [1.165, 1.54) is 0 Å². The van der Waals surface area contributed by atoms with Crippen LogP contribution in [0.3, 0.4) is 0 Å². The molecule has 2 aliphatic rings. The molecular weight excluding hydrogens is 254 g/mol. The number of ether oxygens (including phenoxy) is 1. The van der Waals surface area contributed by atoms with Crippen molar-refractivity contribution in [3.63, 3.8) is 0 Å². The number of rotatable bonds is 3. The molecule has 0 spiro atoms. The number of carbonyl (C=O) groups is 1. The zero-order valence-electron chi connectivity index (χ0n) is 10.1. The lowest BCUT2D eigenvalue weighted by atomic mass is 9.99. The Morgan fingerprint density at radius 1 is 1.56 bits per heavy atom. The van der Waals surface area contributed by atoms with E-state index in [1.54, 1.807) is 6.20 Å². The fraction of sp³-hybridized carbons (Fsp3) is 0.667. The minimum Gasteiger partial charge on any atom is -0.368 e. The molecule has 2 aliphatic heterocycles. The SMILES string of the molecule is O=C(C1CCCO1)N1CC(Cn2cc(Cl)cn2)C1. The number of hydrogen-bond acceptors (Lipinski definition) is 3. The molecule has 0 aromatic carbocycles. The Labute approximate surface area is 111 Å². The maximum atomic E-state index is 12.0. The molecule has 1 atom stereocenters. The van der Waals surface area contributed by atoms with Gasteiger partial charge in [0.05, 0.1) is 11.2 Å². The number of aromatic nitrogens is 2. The van der Waals surface area contributed by atoms with Gasteiger partial charge in [0, 0.05) is 38.4 Å². The number of carbonyl (C=O) groups excluding carboxylic acids is 1. The molecule has 1 aromatic rings. The van der Waals surface area contributed by atoms with Gasteiger partial charge in [-0.05, 0) is 12.8 Å². The molecule has 6 heteroatoms. The molecule has 3 rings (SSSR count). The highest BCUT2D eigenvalue weighted by Gasteiger charge is 2.36. The minimum absolute atomic E-state index is 0.155. The zero-order valence-corrected chi connectivity index (χ0v) is 10.8. The normalized spacial score (nSPS) is 24.3. The van der Waals surface area contributed by atoms with Gasteiger partial charge in [0.1, 0.15) is 6.10 Å². The summed E-state index contributed by atoms with van der Waals surface area (Å²) >= 11 is 5.81. The molecule has 1 amide bonds. The maximum Gasteiger partial charge on any atom is 0.251 e. The van der Waals surface area contributed by atoms with Gasteiger partial charge in [-0.15, -0.1) is 0 Å². The third-order valence-corrected chi connectivity index (χ3v) is 3.72. The van der Waals surface area contributed by atoms with Crippen molar-refractivity contribution in [1.82, 2.24) is 14.7 Å². The van der Waals surface area contributed by atoms with Crippen LogP contribution in [0.4, 0.5) is 0 Å². The van der Waals surface area contributed by atoms with E-state index in [2.05, 4.69) is 5.10 Å². The van der Waals surface area contributed by atoms with Crippen LogP contribution in [0.25, 0.3) is 0 Å². The number of nitrogens with zero attached hydrogens (tertiary/aromatic N) is 3. The van der Waals surface area contributed by atoms with Gasteiger partial charge < -0.3 is 9.64 Å². The van der Waals surface area contributed by atoms with Crippen LogP contribution < -0.4 is 0 Å². The van der Waals surface area contributed by atoms with Crippen LogP contribution >= 0.6 is 11.6 Å². The fourth-order valence-electron chi connectivity index (χ4n) is 2.54. The third kappa shape index (κ3) is 2.37. The lowest BCUT2D eigenvalue weighted by Gasteiger charge is -2.40. The van der Waals surface area contributed by atoms with Gasteiger partial charge in [0.25, 0.3) is 5.91 Å². The molecule has 0 radical (unpaired) electrons. The van der Waals surface area contributed by atoms with Crippen molar-refractivity contribution in [2.45, 2.75) is 25.5 Å². The molecule has 2 fully saturated rings. The van der Waals surface area contributed by atoms with Crippen LogP contribution in [0.15, 0.2) is 12.4 Å². The molecule has 1 aromatic heterocycles. The van der Waals surface area contributed by atoms with Gasteiger partial charge in [0.2, 0.25) is 0 Å². The highest BCUT2D eigenvalue weighted by atomic mass is 35.5. The van der Waals surface area contributed by atoms with Gasteiger partial charge >= 0.3 is 0 Å². The smallest absolute Gasteiger partial charge is 0.251 e. The van der Waals surface area contributed by atoms with E-state index in [1.807, 2.05) is 15.8 Å². The predicted molar refractivity (Wildman–Crippen MR) is 66.3 cm³/mol. The standard InChI is InChI=1S/C12H16ClN3O2/c13-10-4-14-16(8-10)7-9-5-15(6-9)12(17)11-2-1-3-18-11/h4,8-9,11H,1-3,5-7H2. The monoisotopic (exact) mass is 269 g/mol. The summed E-state index contributed by atoms with van der Waals surface area (Å²) in [5.41, 5.74) is 0. The largest absolute Gasteiger partial charge is 0.368 e. The Balaban J connectivity index is 1.46. The number of amides is 1. The van der Waals surface area contributed by atoms with Gasteiger partial charge in [-0.1, -0.05) is 11.6 Å². The average Bonchev–Trinajstić information content (AvgIpc) is 2.93. The molecule has 0 aliphatic carbocycles. The van der Waals surface area contributed by atoms with E-state index < -0.39 is 0 Å². The lowest BCUT2D eigenvalue weighted by Crippen LogP contribution is -2.54. The first kappa shape index (κ1) is 12.0. The van der Waals surface area contributed by atoms with Crippen molar-refractivity contribution in [2.24, 2.45) is 5.92 Å². The summed E-state index contributed by atoms with van der Waals surface area (Å²) in [4.78, 5) is 13.9. The Morgan fingerprint density at radius 3 is 3.00 bits per heavy atom. The molecule has 1 unspecified atom stereocenters. The van der Waals surface area contributed by atoms with E-state index in [4.69, 9.17) is 16.3 Å². The van der Waals surface area contributed by atoms with Crippen LogP contribution in [0.1, 0.15) is 12.8 Å². The highest BCUT2D eigenvalue weighted by Crippen LogP contribution is 2.22. The molecule has 5 nitrogen and oxygen atoms in total. The van der Waals surface area contributed by atoms with Crippen molar-refractivity contribution >= 4 is 17.5 Å². The summed E-state index contributed by atoms with van der Waals surface area (Å²) in [7, 11) is 0. The summed E-state index contributed by atoms with van der Waals surface area (Å²) in [5, 5.41) is 4.80. The van der Waals surface area contributed by atoms with Crippen molar-refractivity contribution in [2.75, 3.05) is 19.7 Å². The van der Waals surface area contributed by atoms with Gasteiger partial charge in [-0.2, -0.15) is 5.10 Å². The lowest BCUT2D eigenvalue weighted by molar-refractivity contribution is -0.147. The number of hydrogen-bond donors (Lipinski definition) is 0. The first-order valence-electron chi connectivity index (χ1n) is 6.31. The average molecular weight is 270 g/mol. The summed E-state index contributed by atoms with van der Waals surface area (Å²) in [6.45, 7) is 3.15. The first-order valence-corrected chi connectivity index (χ1v) is 6.68. The van der Waals surface area contributed by atoms with Crippen LogP contribution in [0.2, 0.25) is 5.02 Å². The van der Waals surface area contributed by atoms with Crippen LogP contribution in [-0.2, 0) is 16.1 Å². The third-order valence-electron chi connectivity index (χ3n) is 3.52. The van der Waals surface area contributed by atoms with E-state index >= 15 is 0 Å². The number of halogens is 1. The second-order valence-corrected chi connectivity index (χ2v) is 5.43. The molecule has 0 saturated carbocycles. The van der Waals surface area contributed by atoms with Crippen molar-refractivity contribution in [1.29, 1.82) is 0 Å². The van der Waals surface area contributed by atoms with E-state index in [0.29, 0.717) is 10.9 Å². The summed E-state index contributed by atoms with van der Waals surface area (Å²) < 4.78 is 7.24. The second kappa shape index (κ2) is 4.90. The van der Waals surface area contributed by atoms with E-state index in [0.717, 1.165) is 39.1 Å². The predicted octanol–water partition coefficient (Wildman–Crippen LogP) is 1.17. The van der Waals surface area contributed by atoms with E-state index in [9.17, 15) is 4.79 Å². The van der Waals surface area contributed by atoms with Crippen LogP contribution in [-0.4, -0.2) is 46.4 Å². The highest BCUT2D eigenvalue weighted by molar-refractivity contribution is 6.30. The minimum atomic E-state index is -0.190. The topological polar surface area (TPSA) is 47.4 Å². The van der Waals surface area contributed by atoms with Crippen molar-refractivity contribution in [3.8, 4) is 0 Å². The number of likely N-dealkylation sites (tertiary alicyclic amines) is 1. The first-order chi connectivity index (χ1) is 8.72. The van der Waals surface area contributed by atoms with Crippen molar-refractivity contribution < 1.29 is 9.53 Å². The molecular formula is C12H16ClN3O2. The summed E-state index contributed by atoms with van der Waals surface area (Å²) in [6, 6.07) is 0. The Morgan fingerprint density at radius 2 is 2.39 bits per heavy atom. The van der Waals surface area contributed by atoms with Gasteiger partial charge in [-0.25, -0.2) is 0 Å². The van der Waals surface area contributed by atoms with Crippen LogP contribution in [0.5, 0.6) is 0 Å². The summed E-state index contributed by atoms with van der Waals surface area (Å²) in [5.74, 6) is 0.633. The fourth-order valence-corrected chi connectivity index (χ4v) is 2.70. The summed E-state index contributed by atoms with van der Waals surface area (Å²) in [6.07, 6.45) is 5.13. The second-order valence-electron chi connectivity index (χ2n) is 4.99. The Hall–Kier alpha value is -1.07. The quantitative estimate of drug-likeness (QED) is 0.828. The molecule has 0 bridgehead atoms. The van der Waals surface area contributed by atoms with Gasteiger partial charge in [-0.3, -0.25) is 9.48 Å². The molecule has 98 valence electrons. The zero-order chi connectivity index (χ0) is 12.5.